The molecule has 56 heavy (non-hydrogen) atoms. The first-order valence-corrected chi connectivity index (χ1v) is 19.7. The lowest BCUT2D eigenvalue weighted by atomic mass is 9.82. The van der Waals surface area contributed by atoms with Crippen LogP contribution in [0.25, 0.3) is 0 Å². The molecule has 0 amide bonds. The smallest absolute Gasteiger partial charge is 0.309 e. The zero-order chi connectivity index (χ0) is 42.1. The second-order valence-corrected chi connectivity index (χ2v) is 16.6. The van der Waals surface area contributed by atoms with Crippen LogP contribution in [0.1, 0.15) is 93.9 Å². The zero-order valence-corrected chi connectivity index (χ0v) is 34.9. The van der Waals surface area contributed by atoms with Crippen LogP contribution in [-0.4, -0.2) is 151 Å². The zero-order valence-electron chi connectivity index (χ0n) is 34.9. The average Bonchev–Trinajstić information content (AvgIpc) is 3.06. The maximum atomic E-state index is 13.1. The largest absolute Gasteiger partial charge is 0.462 e. The number of rotatable bonds is 12. The van der Waals surface area contributed by atoms with Crippen molar-refractivity contribution in [2.24, 2.45) is 17.8 Å². The number of hydrogen-bond donors (Lipinski definition) is 3. The summed E-state index contributed by atoms with van der Waals surface area (Å²) in [5, 5.41) is 34.5. The SMILES string of the molecule is CO[C@@H]1C(O[C@@H]2O[C@H](C)[C@@H](O[C@H]3C[C@@](C)(O)[C@@H](OC(=O)CC(C)C)[C@H](C)O3)[C@H](N(C)C)[C@H]2O)[C@@H](CC=O)C[C@@H](C)[C@H](O)/C=C/C[C@@H](C)OC(=O)C[C@H]1OC(C)=O. The van der Waals surface area contributed by atoms with Gasteiger partial charge in [-0.05, 0) is 66.0 Å². The molecule has 0 aromatic carbocycles. The Morgan fingerprint density at radius 3 is 2.29 bits per heavy atom. The molecule has 2 saturated heterocycles. The van der Waals surface area contributed by atoms with E-state index >= 15 is 0 Å². The Labute approximate surface area is 331 Å². The van der Waals surface area contributed by atoms with Gasteiger partial charge in [0.1, 0.15) is 42.4 Å². The molecule has 0 aromatic heterocycles. The Bertz CT molecular complexity index is 1310. The van der Waals surface area contributed by atoms with E-state index in [9.17, 15) is 34.5 Å². The van der Waals surface area contributed by atoms with E-state index in [1.54, 1.807) is 58.8 Å². The Hall–Kier alpha value is -2.54. The second kappa shape index (κ2) is 21.5. The summed E-state index contributed by atoms with van der Waals surface area (Å²) >= 11 is 0. The van der Waals surface area contributed by atoms with E-state index in [1.807, 2.05) is 20.8 Å². The monoisotopic (exact) mass is 801 g/mol. The molecule has 0 radical (unpaired) electrons. The molecule has 3 aliphatic heterocycles. The quantitative estimate of drug-likeness (QED) is 0.112. The Kier molecular flexibility index (Phi) is 18.3. The van der Waals surface area contributed by atoms with Crippen molar-refractivity contribution in [3.05, 3.63) is 12.2 Å². The van der Waals surface area contributed by atoms with E-state index in [0.29, 0.717) is 12.7 Å². The van der Waals surface area contributed by atoms with Gasteiger partial charge in [-0.25, -0.2) is 0 Å². The van der Waals surface area contributed by atoms with E-state index in [4.69, 9.17) is 37.9 Å². The van der Waals surface area contributed by atoms with Crippen LogP contribution in [0, 0.1) is 17.8 Å². The standard InChI is InChI=1S/C40H67NO15/c1-21(2)17-30(45)54-38-25(6)51-32(20-40(38,8)48)55-35-24(5)52-39(34(47)33(35)41(9)10)56-36-27(15-16-42)18-22(3)28(44)14-12-13-23(4)50-31(46)19-29(37(36)49-11)53-26(7)43/h12,14,16,21-25,27-29,32-39,44,47-48H,13,15,17-20H2,1-11H3/b14-12+/t22-,23-,24-,25+,27+,28-,29-,32+,33-,34-,35-,36?,37+,38+,39+,40-/m1/s1. The number of methoxy groups -OCH3 is 1. The molecule has 3 N–H and O–H groups in total. The molecule has 0 aromatic rings. The molecule has 16 heteroatoms. The van der Waals surface area contributed by atoms with Gasteiger partial charge in [-0.3, -0.25) is 14.4 Å². The van der Waals surface area contributed by atoms with Gasteiger partial charge in [0.25, 0.3) is 0 Å². The summed E-state index contributed by atoms with van der Waals surface area (Å²) in [6.45, 7) is 13.5. The molecule has 0 aliphatic carbocycles. The summed E-state index contributed by atoms with van der Waals surface area (Å²) in [5.74, 6) is -2.78. The van der Waals surface area contributed by atoms with E-state index in [2.05, 4.69) is 0 Å². The predicted molar refractivity (Wildman–Crippen MR) is 201 cm³/mol. The fourth-order valence-electron chi connectivity index (χ4n) is 7.96. The predicted octanol–water partition coefficient (Wildman–Crippen LogP) is 2.46. The summed E-state index contributed by atoms with van der Waals surface area (Å²) in [5.41, 5.74) is -1.50. The number of hydrogen-bond acceptors (Lipinski definition) is 16. The maximum absolute atomic E-state index is 13.1. The van der Waals surface area contributed by atoms with Gasteiger partial charge >= 0.3 is 17.9 Å². The van der Waals surface area contributed by atoms with Gasteiger partial charge in [0.2, 0.25) is 0 Å². The number of aldehydes is 1. The Morgan fingerprint density at radius 1 is 1.04 bits per heavy atom. The van der Waals surface area contributed by atoms with Crippen LogP contribution in [0.2, 0.25) is 0 Å². The third kappa shape index (κ3) is 13.2. The highest BCUT2D eigenvalue weighted by molar-refractivity contribution is 5.72. The van der Waals surface area contributed by atoms with Crippen LogP contribution >= 0.6 is 0 Å². The molecule has 3 heterocycles. The summed E-state index contributed by atoms with van der Waals surface area (Å²) in [7, 11) is 4.86. The van der Waals surface area contributed by atoms with Crippen LogP contribution < -0.4 is 0 Å². The summed E-state index contributed by atoms with van der Waals surface area (Å²) in [4.78, 5) is 52.0. The number of carbonyl (C=O) groups excluding carboxylic acids is 4. The van der Waals surface area contributed by atoms with Crippen molar-refractivity contribution in [2.75, 3.05) is 21.2 Å². The first-order chi connectivity index (χ1) is 26.2. The fraction of sp³-hybridized carbons (Fsp3) is 0.850. The maximum Gasteiger partial charge on any atom is 0.309 e. The normalized spacial score (nSPS) is 41.0. The van der Waals surface area contributed by atoms with E-state index in [1.165, 1.54) is 14.0 Å². The summed E-state index contributed by atoms with van der Waals surface area (Å²) in [6, 6.07) is -0.773. The highest BCUT2D eigenvalue weighted by Gasteiger charge is 2.53. The minimum Gasteiger partial charge on any atom is -0.462 e. The van der Waals surface area contributed by atoms with E-state index in [-0.39, 0.29) is 43.9 Å². The van der Waals surface area contributed by atoms with Gasteiger partial charge in [-0.15, -0.1) is 0 Å². The van der Waals surface area contributed by atoms with E-state index in [0.717, 1.165) is 0 Å². The molecule has 0 spiro atoms. The van der Waals surface area contributed by atoms with Crippen molar-refractivity contribution in [1.29, 1.82) is 0 Å². The summed E-state index contributed by atoms with van der Waals surface area (Å²) < 4.78 is 48.4. The van der Waals surface area contributed by atoms with Crippen LogP contribution in [0.5, 0.6) is 0 Å². The van der Waals surface area contributed by atoms with Crippen molar-refractivity contribution in [3.63, 3.8) is 0 Å². The molecule has 0 saturated carbocycles. The number of aliphatic hydroxyl groups is 3. The molecular formula is C40H67NO15. The Balaban J connectivity index is 1.95. The molecule has 0 bridgehead atoms. The van der Waals surface area contributed by atoms with Crippen molar-refractivity contribution in [3.8, 4) is 0 Å². The molecule has 3 rings (SSSR count). The molecule has 1 unspecified atom stereocenters. The van der Waals surface area contributed by atoms with Crippen LogP contribution in [0.3, 0.4) is 0 Å². The minimum absolute atomic E-state index is 0.0424. The Morgan fingerprint density at radius 2 is 1.71 bits per heavy atom. The van der Waals surface area contributed by atoms with Gasteiger partial charge < -0.3 is 62.9 Å². The molecular weight excluding hydrogens is 734 g/mol. The molecule has 16 atom stereocenters. The van der Waals surface area contributed by atoms with Crippen LogP contribution in [-0.2, 0) is 57.1 Å². The van der Waals surface area contributed by atoms with Crippen molar-refractivity contribution < 1.29 is 72.4 Å². The lowest BCUT2D eigenvalue weighted by Crippen LogP contribution is -2.66. The lowest BCUT2D eigenvalue weighted by Gasteiger charge is -2.50. The number of carbonyl (C=O) groups is 4. The first kappa shape index (κ1) is 47.8. The molecule has 3 aliphatic rings. The van der Waals surface area contributed by atoms with Gasteiger partial charge in [0, 0.05) is 39.7 Å². The third-order valence-corrected chi connectivity index (χ3v) is 10.7. The average molecular weight is 802 g/mol. The van der Waals surface area contributed by atoms with Crippen molar-refractivity contribution >= 4 is 24.2 Å². The van der Waals surface area contributed by atoms with Crippen molar-refractivity contribution in [1.82, 2.24) is 4.90 Å². The minimum atomic E-state index is -1.50. The number of likely N-dealkylation sites (N-methyl/N-ethyl adjacent to an activating group) is 1. The highest BCUT2D eigenvalue weighted by Crippen LogP contribution is 2.38. The number of aliphatic hydroxyl groups excluding tert-OH is 2. The van der Waals surface area contributed by atoms with Gasteiger partial charge in [0.05, 0.1) is 36.9 Å². The second-order valence-electron chi connectivity index (χ2n) is 16.6. The van der Waals surface area contributed by atoms with Crippen LogP contribution in [0.4, 0.5) is 0 Å². The van der Waals surface area contributed by atoms with Gasteiger partial charge in [-0.2, -0.15) is 0 Å². The lowest BCUT2D eigenvalue weighted by molar-refractivity contribution is -0.344. The topological polar surface area (TPSA) is 206 Å². The third-order valence-electron chi connectivity index (χ3n) is 10.7. The summed E-state index contributed by atoms with van der Waals surface area (Å²) in [6.07, 6.45) is -7.55. The first-order valence-electron chi connectivity index (χ1n) is 19.7. The fourth-order valence-corrected chi connectivity index (χ4v) is 7.96. The van der Waals surface area contributed by atoms with Gasteiger partial charge in [0.15, 0.2) is 18.7 Å². The molecule has 2 fully saturated rings. The highest BCUT2D eigenvalue weighted by atomic mass is 16.7. The number of cyclic esters (lactones) is 1. The molecule has 322 valence electrons. The molecule has 16 nitrogen and oxygen atoms in total. The van der Waals surface area contributed by atoms with Gasteiger partial charge in [-0.1, -0.05) is 32.9 Å². The van der Waals surface area contributed by atoms with Crippen LogP contribution in [0.15, 0.2) is 12.2 Å². The number of ether oxygens (including phenoxy) is 8. The van der Waals surface area contributed by atoms with Crippen molar-refractivity contribution in [2.45, 2.75) is 179 Å². The number of esters is 3. The van der Waals surface area contributed by atoms with E-state index < -0.39 is 109 Å². The number of nitrogens with zero attached hydrogens (tertiary/aromatic N) is 1.